The first-order valence-electron chi connectivity index (χ1n) is 8.03. The smallest absolute Gasteiger partial charge is 0.343 e. The van der Waals surface area contributed by atoms with Gasteiger partial charge < -0.3 is 4.74 Å². The number of benzene rings is 3. The van der Waals surface area contributed by atoms with Crippen LogP contribution in [0.4, 0.5) is 11.4 Å². The molecule has 7 nitrogen and oxygen atoms in total. The second-order valence-electron chi connectivity index (χ2n) is 5.50. The van der Waals surface area contributed by atoms with E-state index in [4.69, 9.17) is 4.74 Å². The Balaban J connectivity index is 1.56. The van der Waals surface area contributed by atoms with Crippen molar-refractivity contribution in [3.63, 3.8) is 0 Å². The van der Waals surface area contributed by atoms with Crippen LogP contribution in [0.1, 0.15) is 15.9 Å². The normalized spacial score (nSPS) is 10.5. The molecule has 0 unspecified atom stereocenters. The maximum absolute atomic E-state index is 12.0. The summed E-state index contributed by atoms with van der Waals surface area (Å²) in [5, 5.41) is 14.7. The summed E-state index contributed by atoms with van der Waals surface area (Å²) < 4.78 is 5.31. The minimum Gasteiger partial charge on any atom is -0.423 e. The highest BCUT2D eigenvalue weighted by Gasteiger charge is 2.07. The van der Waals surface area contributed by atoms with Crippen LogP contribution in [0.5, 0.6) is 5.75 Å². The number of nitrogens with zero attached hydrogens (tertiary/aromatic N) is 2. The molecule has 0 aliphatic carbocycles. The highest BCUT2D eigenvalue weighted by atomic mass is 16.6. The lowest BCUT2D eigenvalue weighted by Gasteiger charge is -2.04. The van der Waals surface area contributed by atoms with Crippen molar-refractivity contribution < 1.29 is 14.5 Å². The molecule has 0 heterocycles. The van der Waals surface area contributed by atoms with E-state index in [0.717, 1.165) is 5.56 Å². The molecular formula is C20H15N3O4. The molecule has 0 atom stereocenters. The van der Waals surface area contributed by atoms with Crippen LogP contribution in [0.2, 0.25) is 0 Å². The number of rotatable bonds is 6. The van der Waals surface area contributed by atoms with Crippen molar-refractivity contribution in [1.82, 2.24) is 0 Å². The lowest BCUT2D eigenvalue weighted by molar-refractivity contribution is -0.384. The van der Waals surface area contributed by atoms with E-state index in [1.165, 1.54) is 12.1 Å². The molecule has 0 aliphatic heterocycles. The van der Waals surface area contributed by atoms with E-state index in [0.29, 0.717) is 17.0 Å². The van der Waals surface area contributed by atoms with Gasteiger partial charge in [-0.05, 0) is 54.1 Å². The number of esters is 1. The molecule has 0 saturated heterocycles. The number of nitro groups is 1. The molecular weight excluding hydrogens is 346 g/mol. The average molecular weight is 361 g/mol. The number of carbonyl (C=O) groups is 1. The Morgan fingerprint density at radius 2 is 1.63 bits per heavy atom. The minimum atomic E-state index is -0.459. The van der Waals surface area contributed by atoms with E-state index < -0.39 is 10.9 Å². The Morgan fingerprint density at radius 3 is 2.26 bits per heavy atom. The maximum Gasteiger partial charge on any atom is 0.343 e. The fraction of sp³-hybridized carbons (Fsp3) is 0. The molecule has 0 aliphatic rings. The summed E-state index contributed by atoms with van der Waals surface area (Å²) >= 11 is 0. The monoisotopic (exact) mass is 361 g/mol. The molecule has 3 aromatic rings. The number of ether oxygens (including phenoxy) is 1. The van der Waals surface area contributed by atoms with Gasteiger partial charge in [0.1, 0.15) is 5.75 Å². The molecule has 7 heteroatoms. The molecule has 0 aromatic heterocycles. The van der Waals surface area contributed by atoms with E-state index in [2.05, 4.69) is 10.5 Å². The number of carbonyl (C=O) groups excluding carboxylic acids is 1. The number of anilines is 1. The molecule has 3 aromatic carbocycles. The number of hydrogen-bond acceptors (Lipinski definition) is 6. The van der Waals surface area contributed by atoms with Gasteiger partial charge in [0.15, 0.2) is 0 Å². The van der Waals surface area contributed by atoms with Crippen LogP contribution in [0, 0.1) is 10.1 Å². The van der Waals surface area contributed by atoms with Gasteiger partial charge in [0.2, 0.25) is 0 Å². The average Bonchev–Trinajstić information content (AvgIpc) is 2.70. The zero-order valence-electron chi connectivity index (χ0n) is 14.1. The van der Waals surface area contributed by atoms with Gasteiger partial charge in [-0.2, -0.15) is 5.10 Å². The van der Waals surface area contributed by atoms with Crippen LogP contribution in [0.25, 0.3) is 0 Å². The summed E-state index contributed by atoms with van der Waals surface area (Å²) in [5.41, 5.74) is 4.71. The largest absolute Gasteiger partial charge is 0.423 e. The molecule has 0 saturated carbocycles. The van der Waals surface area contributed by atoms with Gasteiger partial charge in [0.05, 0.1) is 22.4 Å². The van der Waals surface area contributed by atoms with Crippen molar-refractivity contribution in [1.29, 1.82) is 0 Å². The molecule has 0 amide bonds. The quantitative estimate of drug-likeness (QED) is 0.233. The van der Waals surface area contributed by atoms with Crippen molar-refractivity contribution in [2.75, 3.05) is 5.43 Å². The topological polar surface area (TPSA) is 93.8 Å². The molecule has 27 heavy (non-hydrogen) atoms. The van der Waals surface area contributed by atoms with Gasteiger partial charge in [-0.25, -0.2) is 4.79 Å². The Bertz CT molecular complexity index is 953. The van der Waals surface area contributed by atoms with Crippen LogP contribution < -0.4 is 10.2 Å². The Labute approximate surface area is 155 Å². The molecule has 1 N–H and O–H groups in total. The van der Waals surface area contributed by atoms with Crippen molar-refractivity contribution in [2.45, 2.75) is 0 Å². The number of nitrogens with one attached hydrogen (secondary N) is 1. The Kier molecular flexibility index (Phi) is 5.54. The number of nitro benzene ring substituents is 1. The standard InChI is InChI=1S/C20H15N3O4/c24-20(16-4-2-1-3-5-16)27-19-12-6-15(7-13-19)14-21-22-17-8-10-18(11-9-17)23(25)26/h1-14,22H. The van der Waals surface area contributed by atoms with Crippen molar-refractivity contribution >= 4 is 23.6 Å². The first-order chi connectivity index (χ1) is 13.1. The van der Waals surface area contributed by atoms with Crippen molar-refractivity contribution in [3.8, 4) is 5.75 Å². The third kappa shape index (κ3) is 4.99. The van der Waals surface area contributed by atoms with Crippen LogP contribution in [-0.2, 0) is 0 Å². The molecule has 0 spiro atoms. The van der Waals surface area contributed by atoms with Crippen molar-refractivity contribution in [3.05, 3.63) is 100 Å². The summed E-state index contributed by atoms with van der Waals surface area (Å²) in [6.07, 6.45) is 1.59. The predicted molar refractivity (Wildman–Crippen MR) is 102 cm³/mol. The van der Waals surface area contributed by atoms with Crippen LogP contribution in [-0.4, -0.2) is 17.1 Å². The van der Waals surface area contributed by atoms with Crippen molar-refractivity contribution in [2.24, 2.45) is 5.10 Å². The fourth-order valence-corrected chi connectivity index (χ4v) is 2.20. The summed E-state index contributed by atoms with van der Waals surface area (Å²) in [7, 11) is 0. The summed E-state index contributed by atoms with van der Waals surface area (Å²) in [6.45, 7) is 0. The first kappa shape index (κ1) is 17.8. The summed E-state index contributed by atoms with van der Waals surface area (Å²) in [4.78, 5) is 22.1. The number of hydrazone groups is 1. The van der Waals surface area contributed by atoms with Gasteiger partial charge >= 0.3 is 5.97 Å². The third-order valence-electron chi connectivity index (χ3n) is 3.59. The number of non-ortho nitro benzene ring substituents is 1. The lowest BCUT2D eigenvalue weighted by Crippen LogP contribution is -2.08. The molecule has 0 radical (unpaired) electrons. The van der Waals surface area contributed by atoms with Gasteiger partial charge in [-0.1, -0.05) is 18.2 Å². The zero-order chi connectivity index (χ0) is 19.1. The van der Waals surface area contributed by atoms with Gasteiger partial charge in [-0.15, -0.1) is 0 Å². The van der Waals surface area contributed by atoms with E-state index in [1.807, 2.05) is 6.07 Å². The second kappa shape index (κ2) is 8.39. The molecule has 0 fully saturated rings. The van der Waals surface area contributed by atoms with Crippen LogP contribution in [0.3, 0.4) is 0 Å². The van der Waals surface area contributed by atoms with E-state index in [-0.39, 0.29) is 5.69 Å². The molecule has 3 rings (SSSR count). The van der Waals surface area contributed by atoms with Gasteiger partial charge in [0, 0.05) is 12.1 Å². The number of hydrogen-bond donors (Lipinski definition) is 1. The predicted octanol–water partition coefficient (Wildman–Crippen LogP) is 4.26. The highest BCUT2D eigenvalue weighted by Crippen LogP contribution is 2.16. The second-order valence-corrected chi connectivity index (χ2v) is 5.50. The van der Waals surface area contributed by atoms with Gasteiger partial charge in [0.25, 0.3) is 5.69 Å². The lowest BCUT2D eigenvalue weighted by atomic mass is 10.2. The first-order valence-corrected chi connectivity index (χ1v) is 8.03. The Morgan fingerprint density at radius 1 is 0.963 bits per heavy atom. The van der Waals surface area contributed by atoms with E-state index in [1.54, 1.807) is 66.9 Å². The summed E-state index contributed by atoms with van der Waals surface area (Å²) in [6, 6.07) is 21.5. The minimum absolute atomic E-state index is 0.0187. The maximum atomic E-state index is 12.0. The Hall–Kier alpha value is -4.00. The van der Waals surface area contributed by atoms with E-state index in [9.17, 15) is 14.9 Å². The highest BCUT2D eigenvalue weighted by molar-refractivity contribution is 5.91. The van der Waals surface area contributed by atoms with Crippen LogP contribution >= 0.6 is 0 Å². The molecule has 0 bridgehead atoms. The van der Waals surface area contributed by atoms with Crippen LogP contribution in [0.15, 0.2) is 84.0 Å². The van der Waals surface area contributed by atoms with E-state index >= 15 is 0 Å². The zero-order valence-corrected chi connectivity index (χ0v) is 14.1. The molecule has 134 valence electrons. The fourth-order valence-electron chi connectivity index (χ4n) is 2.20. The summed E-state index contributed by atoms with van der Waals surface area (Å²) in [5.74, 6) is 0.0150. The SMILES string of the molecule is O=C(Oc1ccc(C=NNc2ccc([N+](=O)[O-])cc2)cc1)c1ccccc1. The van der Waals surface area contributed by atoms with Gasteiger partial charge in [-0.3, -0.25) is 15.5 Å². The third-order valence-corrected chi connectivity index (χ3v) is 3.59.